The summed E-state index contributed by atoms with van der Waals surface area (Å²) in [6.45, 7) is 10.8. The third-order valence-corrected chi connectivity index (χ3v) is 12.3. The van der Waals surface area contributed by atoms with Gasteiger partial charge in [0.05, 0.1) is 12.4 Å². The first-order chi connectivity index (χ1) is 30.4. The number of benzene rings is 2. The first-order valence-electron chi connectivity index (χ1n) is 21.3. The molecule has 4 fully saturated rings. The molecule has 3 N–H and O–H groups in total. The maximum absolute atomic E-state index is 13.5. The van der Waals surface area contributed by atoms with Gasteiger partial charge >= 0.3 is 0 Å². The standard InChI is InChI=1S/C22H25F2N5O2.C15H21N5O2.C7H4F2O/c1-13-10-28(11-14-6-16(23)8-17(24)7-14)12-18(13)20-26-22(30)19-9-25-21(29(19)27-20)15-2-4-31-5-3-15;1-9-6-16-7-11(9)13-18-15(21)12-8-17-14(20(12)19-13)10-2-4-22-5-3-10;8-6-1-5(4-10)2-7(9)3-6/h6-9,13,15,18H,2-5,10-12H2,1H3,(H,26,27,30);8-11,16H,2-7H2,1H3,(H,18,19,21);1-4H. The number of hydrogen-bond acceptors (Lipinski definition) is 11. The number of carbonyl (C=O) groups excluding carboxylic acids is 1. The third kappa shape index (κ3) is 10.1. The number of H-pyrrole nitrogens is 2. The van der Waals surface area contributed by atoms with Crippen molar-refractivity contribution in [2.75, 3.05) is 52.6 Å². The van der Waals surface area contributed by atoms with Gasteiger partial charge in [0.25, 0.3) is 11.1 Å². The molecular weight excluding hydrogens is 825 g/mol. The Morgan fingerprint density at radius 1 is 0.667 bits per heavy atom. The van der Waals surface area contributed by atoms with E-state index < -0.39 is 23.3 Å². The Hall–Kier alpha value is -5.63. The lowest BCUT2D eigenvalue weighted by Gasteiger charge is -2.21. The molecule has 2 aromatic carbocycles. The molecule has 0 spiro atoms. The zero-order chi connectivity index (χ0) is 44.2. The van der Waals surface area contributed by atoms with Crippen LogP contribution in [-0.2, 0) is 16.0 Å². The van der Waals surface area contributed by atoms with Crippen LogP contribution in [0.5, 0.6) is 0 Å². The van der Waals surface area contributed by atoms with Crippen LogP contribution in [0.25, 0.3) is 11.0 Å². The Morgan fingerprint density at radius 2 is 1.16 bits per heavy atom. The van der Waals surface area contributed by atoms with Gasteiger partial charge in [-0.25, -0.2) is 36.6 Å². The number of halogens is 4. The van der Waals surface area contributed by atoms with Crippen LogP contribution < -0.4 is 16.4 Å². The predicted octanol–water partition coefficient (Wildman–Crippen LogP) is 5.24. The van der Waals surface area contributed by atoms with Crippen molar-refractivity contribution in [3.8, 4) is 0 Å². The topological polar surface area (TPSA) is 177 Å². The zero-order valence-electron chi connectivity index (χ0n) is 35.0. The number of carbonyl (C=O) groups is 1. The lowest BCUT2D eigenvalue weighted by atomic mass is 9.97. The highest BCUT2D eigenvalue weighted by atomic mass is 19.1. The number of likely N-dealkylation sites (tertiary alicyclic amines) is 1. The van der Waals surface area contributed by atoms with E-state index in [1.807, 2.05) is 0 Å². The normalized spacial score (nSPS) is 22.2. The quantitative estimate of drug-likeness (QED) is 0.141. The summed E-state index contributed by atoms with van der Waals surface area (Å²) in [6, 6.07) is 6.25. The van der Waals surface area contributed by atoms with Crippen LogP contribution in [0.2, 0.25) is 0 Å². The van der Waals surface area contributed by atoms with Gasteiger partial charge in [-0.1, -0.05) is 13.8 Å². The fourth-order valence-corrected chi connectivity index (χ4v) is 9.00. The SMILES string of the molecule is CC1CN(Cc2cc(F)cc(F)c2)CC1c1nn2c(C3CCOCC3)ncc2c(=O)[nH]1.CC1CNCC1c1nn2c(C3CCOCC3)ncc2c(=O)[nH]1.O=Cc1cc(F)cc(F)c1. The Labute approximate surface area is 359 Å². The Kier molecular flexibility index (Phi) is 13.6. The molecule has 8 heterocycles. The van der Waals surface area contributed by atoms with Gasteiger partial charge in [-0.2, -0.15) is 10.2 Å². The van der Waals surface area contributed by atoms with E-state index in [4.69, 9.17) is 19.7 Å². The number of nitrogens with zero attached hydrogens (tertiary/aromatic N) is 7. The smallest absolute Gasteiger partial charge is 0.276 e. The predicted molar refractivity (Wildman–Crippen MR) is 223 cm³/mol. The number of fused-ring (bicyclic) bond motifs is 2. The van der Waals surface area contributed by atoms with Crippen molar-refractivity contribution in [2.24, 2.45) is 11.8 Å². The molecule has 10 rings (SSSR count). The lowest BCUT2D eigenvalue weighted by Crippen LogP contribution is -2.24. The van der Waals surface area contributed by atoms with E-state index in [1.54, 1.807) is 21.4 Å². The summed E-state index contributed by atoms with van der Waals surface area (Å²) in [7, 11) is 0. The maximum atomic E-state index is 13.5. The van der Waals surface area contributed by atoms with Gasteiger partial charge in [-0.3, -0.25) is 19.3 Å². The molecule has 15 nitrogen and oxygen atoms in total. The summed E-state index contributed by atoms with van der Waals surface area (Å²) in [4.78, 5) is 52.1. The molecular formula is C44H50F4N10O5. The van der Waals surface area contributed by atoms with Crippen LogP contribution in [0.1, 0.15) is 102 Å². The van der Waals surface area contributed by atoms with Gasteiger partial charge < -0.3 is 24.8 Å². The first kappa shape index (κ1) is 44.0. The van der Waals surface area contributed by atoms with Gasteiger partial charge in [0.15, 0.2) is 11.0 Å². The lowest BCUT2D eigenvalue weighted by molar-refractivity contribution is 0.0831. The largest absolute Gasteiger partial charge is 0.381 e. The van der Waals surface area contributed by atoms with Crippen molar-refractivity contribution in [2.45, 2.75) is 69.7 Å². The maximum Gasteiger partial charge on any atom is 0.276 e. The second-order valence-electron chi connectivity index (χ2n) is 16.9. The van der Waals surface area contributed by atoms with Crippen molar-refractivity contribution in [1.82, 2.24) is 49.4 Å². The molecule has 4 aromatic heterocycles. The molecule has 63 heavy (non-hydrogen) atoms. The fraction of sp³-hybridized carbons (Fsp3) is 0.477. The number of nitrogens with one attached hydrogen (secondary N) is 3. The van der Waals surface area contributed by atoms with Crippen LogP contribution >= 0.6 is 0 Å². The minimum Gasteiger partial charge on any atom is -0.381 e. The number of aromatic nitrogens is 8. The van der Waals surface area contributed by atoms with E-state index in [-0.39, 0.29) is 40.4 Å². The van der Waals surface area contributed by atoms with E-state index in [0.717, 1.165) is 94.2 Å². The Balaban J connectivity index is 0.000000147. The number of aldehydes is 1. The highest BCUT2D eigenvalue weighted by molar-refractivity contribution is 5.74. The summed E-state index contributed by atoms with van der Waals surface area (Å²) in [5.74, 6) is 1.98. The third-order valence-electron chi connectivity index (χ3n) is 12.3. The number of hydrogen-bond donors (Lipinski definition) is 3. The second-order valence-corrected chi connectivity index (χ2v) is 16.9. The summed E-state index contributed by atoms with van der Waals surface area (Å²) >= 11 is 0. The van der Waals surface area contributed by atoms with Crippen molar-refractivity contribution < 1.29 is 31.8 Å². The molecule has 0 saturated carbocycles. The summed E-state index contributed by atoms with van der Waals surface area (Å²) in [5, 5.41) is 12.9. The van der Waals surface area contributed by atoms with Gasteiger partial charge in [-0.05, 0) is 73.9 Å². The molecule has 4 unspecified atom stereocenters. The molecule has 4 aliphatic rings. The number of rotatable bonds is 7. The van der Waals surface area contributed by atoms with Gasteiger partial charge in [-0.15, -0.1) is 0 Å². The first-order valence-corrected chi connectivity index (χ1v) is 21.3. The molecule has 0 bridgehead atoms. The average Bonchev–Trinajstić information content (AvgIpc) is 4.07. The van der Waals surface area contributed by atoms with Crippen LogP contribution in [0.4, 0.5) is 17.6 Å². The van der Waals surface area contributed by atoms with Crippen LogP contribution in [0, 0.1) is 35.1 Å². The molecule has 19 heteroatoms. The molecule has 6 aromatic rings. The van der Waals surface area contributed by atoms with Gasteiger partial charge in [0, 0.05) is 94.0 Å². The highest BCUT2D eigenvalue weighted by Crippen LogP contribution is 2.32. The summed E-state index contributed by atoms with van der Waals surface area (Å²) in [6.07, 6.45) is 7.21. The van der Waals surface area contributed by atoms with E-state index in [9.17, 15) is 31.9 Å². The molecule has 0 radical (unpaired) electrons. The Morgan fingerprint density at radius 3 is 1.63 bits per heavy atom. The second kappa shape index (κ2) is 19.4. The molecule has 4 aliphatic heterocycles. The van der Waals surface area contributed by atoms with Crippen molar-refractivity contribution >= 4 is 17.3 Å². The number of ether oxygens (including phenoxy) is 2. The van der Waals surface area contributed by atoms with Gasteiger partial charge in [0.2, 0.25) is 0 Å². The summed E-state index contributed by atoms with van der Waals surface area (Å²) in [5.41, 5.74) is 1.28. The average molecular weight is 875 g/mol. The highest BCUT2D eigenvalue weighted by Gasteiger charge is 2.34. The zero-order valence-corrected chi connectivity index (χ0v) is 35.0. The van der Waals surface area contributed by atoms with Gasteiger partial charge in [0.1, 0.15) is 52.9 Å². The number of aromatic amines is 2. The molecule has 0 amide bonds. The monoisotopic (exact) mass is 874 g/mol. The van der Waals surface area contributed by atoms with E-state index in [0.29, 0.717) is 72.9 Å². The minimum absolute atomic E-state index is 0.0116. The van der Waals surface area contributed by atoms with Crippen LogP contribution in [0.3, 0.4) is 0 Å². The molecule has 4 atom stereocenters. The minimum atomic E-state index is -0.734. The fourth-order valence-electron chi connectivity index (χ4n) is 9.00. The van der Waals surface area contributed by atoms with Crippen molar-refractivity contribution in [3.05, 3.63) is 127 Å². The summed E-state index contributed by atoms with van der Waals surface area (Å²) < 4.78 is 65.9. The van der Waals surface area contributed by atoms with E-state index >= 15 is 0 Å². The molecule has 334 valence electrons. The van der Waals surface area contributed by atoms with Crippen LogP contribution in [-0.4, -0.2) is 103 Å². The van der Waals surface area contributed by atoms with E-state index in [2.05, 4.69) is 44.0 Å². The van der Waals surface area contributed by atoms with Crippen LogP contribution in [0.15, 0.2) is 58.4 Å². The van der Waals surface area contributed by atoms with E-state index in [1.165, 1.54) is 12.1 Å². The van der Waals surface area contributed by atoms with Crippen molar-refractivity contribution in [1.29, 1.82) is 0 Å². The number of imidazole rings is 2. The molecule has 0 aliphatic carbocycles. The Bertz CT molecular complexity index is 2630. The van der Waals surface area contributed by atoms with Crippen molar-refractivity contribution in [3.63, 3.8) is 0 Å². The molecule has 4 saturated heterocycles.